The zero-order valence-corrected chi connectivity index (χ0v) is 26.0. The van der Waals surface area contributed by atoms with Gasteiger partial charge >= 0.3 is 5.97 Å². The highest BCUT2D eigenvalue weighted by molar-refractivity contribution is 5.94. The molecule has 1 fully saturated rings. The molecule has 1 aromatic heterocycles. The van der Waals surface area contributed by atoms with Crippen LogP contribution in [0.15, 0.2) is 114 Å². The van der Waals surface area contributed by atoms with Gasteiger partial charge < -0.3 is 14.2 Å². The van der Waals surface area contributed by atoms with E-state index < -0.39 is 5.41 Å². The van der Waals surface area contributed by atoms with Gasteiger partial charge in [-0.05, 0) is 67.0 Å². The number of carbonyl (C=O) groups is 2. The number of aryl methyl sites for hydroxylation is 1. The molecule has 0 N–H and O–H groups in total. The molecule has 6 heteroatoms. The van der Waals surface area contributed by atoms with Crippen molar-refractivity contribution in [1.29, 1.82) is 0 Å². The molecule has 6 rings (SSSR count). The number of amides is 1. The van der Waals surface area contributed by atoms with E-state index in [4.69, 9.17) is 9.26 Å². The second-order valence-electron chi connectivity index (χ2n) is 11.9. The minimum Gasteiger partial charge on any atom is -0.465 e. The molecular formula is C39H38N2O4. The number of carbonyl (C=O) groups excluding carboxylic acids is 2. The smallest absolute Gasteiger partial charge is 0.316 e. The van der Waals surface area contributed by atoms with E-state index in [1.54, 1.807) is 0 Å². The van der Waals surface area contributed by atoms with Crippen molar-refractivity contribution in [3.63, 3.8) is 0 Å². The Balaban J connectivity index is 1.24. The molecule has 4 aromatic carbocycles. The van der Waals surface area contributed by atoms with Crippen LogP contribution in [-0.4, -0.2) is 35.1 Å². The van der Waals surface area contributed by atoms with E-state index >= 15 is 0 Å². The predicted octanol–water partition coefficient (Wildman–Crippen LogP) is 8.36. The Bertz CT molecular complexity index is 1760. The van der Waals surface area contributed by atoms with E-state index in [2.05, 4.69) is 48.5 Å². The van der Waals surface area contributed by atoms with E-state index in [-0.39, 0.29) is 17.8 Å². The van der Waals surface area contributed by atoms with Gasteiger partial charge in [0.05, 0.1) is 24.3 Å². The molecule has 45 heavy (non-hydrogen) atoms. The molecule has 0 spiro atoms. The minimum atomic E-state index is -0.479. The zero-order valence-electron chi connectivity index (χ0n) is 26.0. The van der Waals surface area contributed by atoms with E-state index in [0.29, 0.717) is 31.0 Å². The van der Waals surface area contributed by atoms with Crippen LogP contribution >= 0.6 is 0 Å². The van der Waals surface area contributed by atoms with Crippen molar-refractivity contribution in [2.75, 3.05) is 13.2 Å². The lowest BCUT2D eigenvalue weighted by Crippen LogP contribution is -2.34. The SMILES string of the molecule is CCOC(=O)C1(c2ccc(-c3ccc(-c4onc(C)c4CN(CC(C)c4ccccc4)C(=O)c4ccccc4)cc3)cc2)CC1. The Morgan fingerprint density at radius 3 is 2.02 bits per heavy atom. The van der Waals surface area contributed by atoms with Gasteiger partial charge in [-0.2, -0.15) is 0 Å². The van der Waals surface area contributed by atoms with E-state index in [1.807, 2.05) is 91.5 Å². The van der Waals surface area contributed by atoms with Crippen molar-refractivity contribution in [3.05, 3.63) is 137 Å². The lowest BCUT2D eigenvalue weighted by molar-refractivity contribution is -0.146. The lowest BCUT2D eigenvalue weighted by Gasteiger charge is -2.26. The average molecular weight is 599 g/mol. The average Bonchev–Trinajstić information content (AvgIpc) is 3.83. The van der Waals surface area contributed by atoms with Crippen LogP contribution in [0.4, 0.5) is 0 Å². The topological polar surface area (TPSA) is 72.6 Å². The van der Waals surface area contributed by atoms with Crippen molar-refractivity contribution in [1.82, 2.24) is 10.1 Å². The standard InChI is InChI=1S/C39H38N2O4/c1-4-44-38(43)39(23-24-39)34-21-19-31(20-22-34)30-15-17-32(18-16-30)36-35(28(3)40-45-36)26-41(37(42)33-13-9-6-10-14-33)25-27(2)29-11-7-5-8-12-29/h5-22,27H,4,23-26H2,1-3H3. The Hall–Kier alpha value is -4.97. The van der Waals surface area contributed by atoms with Crippen molar-refractivity contribution in [2.45, 2.75) is 51.5 Å². The molecular weight excluding hydrogens is 560 g/mol. The number of hydrogen-bond acceptors (Lipinski definition) is 5. The van der Waals surface area contributed by atoms with Crippen LogP contribution in [0.25, 0.3) is 22.5 Å². The molecule has 5 aromatic rings. The fourth-order valence-electron chi connectivity index (χ4n) is 5.99. The molecule has 0 aliphatic heterocycles. The van der Waals surface area contributed by atoms with E-state index in [0.717, 1.165) is 46.4 Å². The Morgan fingerprint density at radius 2 is 1.42 bits per heavy atom. The third-order valence-electron chi connectivity index (χ3n) is 8.84. The number of benzene rings is 4. The van der Waals surface area contributed by atoms with Gasteiger partial charge in [0.15, 0.2) is 5.76 Å². The number of hydrogen-bond donors (Lipinski definition) is 0. The second-order valence-corrected chi connectivity index (χ2v) is 11.9. The van der Waals surface area contributed by atoms with E-state index in [9.17, 15) is 9.59 Å². The molecule has 1 saturated carbocycles. The molecule has 1 amide bonds. The molecule has 1 unspecified atom stereocenters. The summed E-state index contributed by atoms with van der Waals surface area (Å²) in [5.74, 6) is 0.649. The van der Waals surface area contributed by atoms with Crippen LogP contribution in [0.3, 0.4) is 0 Å². The largest absolute Gasteiger partial charge is 0.465 e. The van der Waals surface area contributed by atoms with Gasteiger partial charge in [0.25, 0.3) is 5.91 Å². The fraction of sp³-hybridized carbons (Fsp3) is 0.256. The van der Waals surface area contributed by atoms with Crippen molar-refractivity contribution in [2.24, 2.45) is 0 Å². The van der Waals surface area contributed by atoms with Crippen molar-refractivity contribution in [3.8, 4) is 22.5 Å². The predicted molar refractivity (Wildman–Crippen MR) is 176 cm³/mol. The molecule has 1 heterocycles. The summed E-state index contributed by atoms with van der Waals surface area (Å²) in [4.78, 5) is 28.2. The fourth-order valence-corrected chi connectivity index (χ4v) is 5.99. The Labute approximate surface area is 264 Å². The minimum absolute atomic E-state index is 0.0281. The first-order valence-corrected chi connectivity index (χ1v) is 15.6. The van der Waals surface area contributed by atoms with Gasteiger partial charge in [0.1, 0.15) is 0 Å². The number of aromatic nitrogens is 1. The maximum absolute atomic E-state index is 13.8. The monoisotopic (exact) mass is 598 g/mol. The first kappa shape index (κ1) is 30.1. The van der Waals surface area contributed by atoms with Crippen LogP contribution in [0.5, 0.6) is 0 Å². The summed E-state index contributed by atoms with van der Waals surface area (Å²) in [6, 6.07) is 36.1. The summed E-state index contributed by atoms with van der Waals surface area (Å²) in [6.45, 7) is 7.24. The van der Waals surface area contributed by atoms with Gasteiger partial charge in [-0.15, -0.1) is 0 Å². The maximum Gasteiger partial charge on any atom is 0.316 e. The summed E-state index contributed by atoms with van der Waals surface area (Å²) >= 11 is 0. The van der Waals surface area contributed by atoms with Gasteiger partial charge in [-0.1, -0.05) is 109 Å². The van der Waals surface area contributed by atoms with Gasteiger partial charge in [-0.25, -0.2) is 0 Å². The highest BCUT2D eigenvalue weighted by Crippen LogP contribution is 2.49. The van der Waals surface area contributed by atoms with Crippen LogP contribution in [-0.2, 0) is 21.5 Å². The third-order valence-corrected chi connectivity index (χ3v) is 8.84. The van der Waals surface area contributed by atoms with Crippen LogP contribution < -0.4 is 0 Å². The third kappa shape index (κ3) is 6.32. The molecule has 1 aliphatic carbocycles. The quantitative estimate of drug-likeness (QED) is 0.143. The summed E-state index contributed by atoms with van der Waals surface area (Å²) in [5, 5.41) is 4.31. The van der Waals surface area contributed by atoms with Crippen LogP contribution in [0.1, 0.15) is 65.3 Å². The Kier molecular flexibility index (Phi) is 8.65. The summed E-state index contributed by atoms with van der Waals surface area (Å²) in [6.07, 6.45) is 1.66. The van der Waals surface area contributed by atoms with Crippen molar-refractivity contribution < 1.29 is 18.8 Å². The molecule has 228 valence electrons. The van der Waals surface area contributed by atoms with Crippen molar-refractivity contribution >= 4 is 11.9 Å². The molecule has 6 nitrogen and oxygen atoms in total. The first-order valence-electron chi connectivity index (χ1n) is 15.6. The molecule has 0 radical (unpaired) electrons. The summed E-state index contributed by atoms with van der Waals surface area (Å²) in [7, 11) is 0. The molecule has 1 aliphatic rings. The molecule has 1 atom stereocenters. The number of nitrogens with zero attached hydrogens (tertiary/aromatic N) is 2. The van der Waals surface area contributed by atoms with Crippen LogP contribution in [0.2, 0.25) is 0 Å². The lowest BCUT2D eigenvalue weighted by atomic mass is 9.93. The number of ether oxygens (including phenoxy) is 1. The summed E-state index contributed by atoms with van der Waals surface area (Å²) in [5.41, 5.74) is 7.04. The second kappa shape index (κ2) is 12.9. The summed E-state index contributed by atoms with van der Waals surface area (Å²) < 4.78 is 11.2. The molecule has 0 saturated heterocycles. The van der Waals surface area contributed by atoms with Crippen LogP contribution in [0, 0.1) is 6.92 Å². The highest BCUT2D eigenvalue weighted by Gasteiger charge is 2.52. The van der Waals surface area contributed by atoms with Gasteiger partial charge in [0.2, 0.25) is 0 Å². The van der Waals surface area contributed by atoms with Gasteiger partial charge in [-0.3, -0.25) is 9.59 Å². The maximum atomic E-state index is 13.8. The molecule has 0 bridgehead atoms. The normalized spacial score (nSPS) is 14.0. The highest BCUT2D eigenvalue weighted by atomic mass is 16.5. The van der Waals surface area contributed by atoms with E-state index in [1.165, 1.54) is 5.56 Å². The number of rotatable bonds is 11. The Morgan fingerprint density at radius 1 is 0.844 bits per heavy atom. The number of esters is 1. The zero-order chi connectivity index (χ0) is 31.4. The first-order chi connectivity index (χ1) is 21.9. The van der Waals surface area contributed by atoms with Gasteiger partial charge in [0, 0.05) is 23.2 Å².